The fraction of sp³-hybridized carbons (Fsp3) is 0.625. The summed E-state index contributed by atoms with van der Waals surface area (Å²) >= 11 is 0. The average molecular weight is 232 g/mol. The Bertz CT molecular complexity index is 400. The van der Waals surface area contributed by atoms with Gasteiger partial charge >= 0.3 is 0 Å². The Hall–Kier alpha value is -0.980. The quantitative estimate of drug-likeness (QED) is 0.808. The van der Waals surface area contributed by atoms with E-state index in [4.69, 9.17) is 0 Å². The molecule has 1 aromatic rings. The van der Waals surface area contributed by atoms with E-state index in [2.05, 4.69) is 39.8 Å². The molecular weight excluding hydrogens is 208 g/mol. The standard InChI is InChI=1S/C16H24O/c1-11(2)13-9-6-10-14(15(13)17)16(3,4)12-7-5-8-12/h6,9-12,17H,5,7-8H2,1-4H3. The van der Waals surface area contributed by atoms with E-state index in [1.165, 1.54) is 19.3 Å². The van der Waals surface area contributed by atoms with E-state index in [-0.39, 0.29) is 5.41 Å². The zero-order valence-corrected chi connectivity index (χ0v) is 11.5. The van der Waals surface area contributed by atoms with Crippen LogP contribution >= 0.6 is 0 Å². The highest BCUT2D eigenvalue weighted by atomic mass is 16.3. The van der Waals surface area contributed by atoms with Crippen LogP contribution in [0.4, 0.5) is 0 Å². The first-order valence-electron chi connectivity index (χ1n) is 6.77. The maximum atomic E-state index is 10.5. The van der Waals surface area contributed by atoms with Crippen LogP contribution in [0.3, 0.4) is 0 Å². The van der Waals surface area contributed by atoms with Gasteiger partial charge in [0.2, 0.25) is 0 Å². The molecule has 1 nitrogen and oxygen atoms in total. The van der Waals surface area contributed by atoms with Crippen molar-refractivity contribution in [1.29, 1.82) is 0 Å². The Morgan fingerprint density at radius 2 is 1.88 bits per heavy atom. The van der Waals surface area contributed by atoms with Gasteiger partial charge in [-0.15, -0.1) is 0 Å². The maximum absolute atomic E-state index is 10.5. The largest absolute Gasteiger partial charge is 0.507 e. The zero-order chi connectivity index (χ0) is 12.6. The first-order chi connectivity index (χ1) is 7.94. The van der Waals surface area contributed by atoms with E-state index in [0.29, 0.717) is 11.7 Å². The fourth-order valence-electron chi connectivity index (χ4n) is 2.90. The molecule has 0 aliphatic heterocycles. The topological polar surface area (TPSA) is 20.2 Å². The van der Waals surface area contributed by atoms with Crippen molar-refractivity contribution in [3.8, 4) is 5.75 Å². The number of hydrogen-bond acceptors (Lipinski definition) is 1. The first-order valence-corrected chi connectivity index (χ1v) is 6.77. The van der Waals surface area contributed by atoms with E-state index < -0.39 is 0 Å². The molecule has 0 heterocycles. The molecule has 1 N–H and O–H groups in total. The summed E-state index contributed by atoms with van der Waals surface area (Å²) in [6.45, 7) is 8.82. The lowest BCUT2D eigenvalue weighted by atomic mass is 9.63. The number of phenols is 1. The van der Waals surface area contributed by atoms with Crippen molar-refractivity contribution in [2.24, 2.45) is 5.92 Å². The molecule has 1 aliphatic rings. The zero-order valence-electron chi connectivity index (χ0n) is 11.5. The number of rotatable bonds is 3. The van der Waals surface area contributed by atoms with Crippen molar-refractivity contribution in [1.82, 2.24) is 0 Å². The Kier molecular flexibility index (Phi) is 3.20. The molecule has 1 saturated carbocycles. The van der Waals surface area contributed by atoms with Crippen LogP contribution in [0.2, 0.25) is 0 Å². The Labute approximate surface area is 105 Å². The van der Waals surface area contributed by atoms with Crippen molar-refractivity contribution in [3.63, 3.8) is 0 Å². The highest BCUT2D eigenvalue weighted by Crippen LogP contribution is 2.47. The molecule has 1 aromatic carbocycles. The third-order valence-corrected chi connectivity index (χ3v) is 4.51. The molecule has 0 aromatic heterocycles. The predicted molar refractivity (Wildman–Crippen MR) is 72.6 cm³/mol. The van der Waals surface area contributed by atoms with E-state index in [1.807, 2.05) is 6.07 Å². The molecule has 1 heteroatoms. The van der Waals surface area contributed by atoms with Crippen molar-refractivity contribution in [3.05, 3.63) is 29.3 Å². The molecule has 0 unspecified atom stereocenters. The summed E-state index contributed by atoms with van der Waals surface area (Å²) in [6, 6.07) is 6.23. The molecule has 1 fully saturated rings. The molecule has 0 saturated heterocycles. The van der Waals surface area contributed by atoms with Crippen LogP contribution in [0.1, 0.15) is 64.0 Å². The van der Waals surface area contributed by atoms with Crippen LogP contribution in [0, 0.1) is 5.92 Å². The third-order valence-electron chi connectivity index (χ3n) is 4.51. The Morgan fingerprint density at radius 1 is 1.24 bits per heavy atom. The molecule has 0 spiro atoms. The van der Waals surface area contributed by atoms with Gasteiger partial charge in [-0.3, -0.25) is 0 Å². The summed E-state index contributed by atoms with van der Waals surface area (Å²) in [4.78, 5) is 0. The van der Waals surface area contributed by atoms with Crippen molar-refractivity contribution in [2.75, 3.05) is 0 Å². The lowest BCUT2D eigenvalue weighted by molar-refractivity contribution is 0.190. The monoisotopic (exact) mass is 232 g/mol. The smallest absolute Gasteiger partial charge is 0.122 e. The number of para-hydroxylation sites is 1. The van der Waals surface area contributed by atoms with Crippen LogP contribution < -0.4 is 0 Å². The molecule has 0 radical (unpaired) electrons. The van der Waals surface area contributed by atoms with E-state index >= 15 is 0 Å². The molecule has 0 amide bonds. The maximum Gasteiger partial charge on any atom is 0.122 e. The number of hydrogen-bond donors (Lipinski definition) is 1. The minimum absolute atomic E-state index is 0.104. The lowest BCUT2D eigenvalue weighted by Crippen LogP contribution is -2.33. The van der Waals surface area contributed by atoms with Crippen molar-refractivity contribution < 1.29 is 5.11 Å². The van der Waals surface area contributed by atoms with Gasteiger partial charge in [0.15, 0.2) is 0 Å². The van der Waals surface area contributed by atoms with Gasteiger partial charge in [-0.05, 0) is 35.7 Å². The molecule has 17 heavy (non-hydrogen) atoms. The van der Waals surface area contributed by atoms with Gasteiger partial charge in [-0.25, -0.2) is 0 Å². The van der Waals surface area contributed by atoms with Crippen LogP contribution in [0.5, 0.6) is 5.75 Å². The summed E-state index contributed by atoms with van der Waals surface area (Å²) in [7, 11) is 0. The summed E-state index contributed by atoms with van der Waals surface area (Å²) in [5.74, 6) is 1.64. The molecule has 1 aliphatic carbocycles. The van der Waals surface area contributed by atoms with Crippen LogP contribution in [-0.2, 0) is 5.41 Å². The van der Waals surface area contributed by atoms with E-state index in [0.717, 1.165) is 17.0 Å². The SMILES string of the molecule is CC(C)c1cccc(C(C)(C)C2CCC2)c1O. The van der Waals surface area contributed by atoms with Gasteiger partial charge in [-0.2, -0.15) is 0 Å². The third kappa shape index (κ3) is 2.08. The second kappa shape index (κ2) is 4.36. The van der Waals surface area contributed by atoms with Gasteiger partial charge < -0.3 is 5.11 Å². The highest BCUT2D eigenvalue weighted by molar-refractivity contribution is 5.46. The van der Waals surface area contributed by atoms with Crippen molar-refractivity contribution >= 4 is 0 Å². The summed E-state index contributed by atoms with van der Waals surface area (Å²) in [5.41, 5.74) is 2.32. The van der Waals surface area contributed by atoms with E-state index in [1.54, 1.807) is 0 Å². The van der Waals surface area contributed by atoms with Crippen LogP contribution in [-0.4, -0.2) is 5.11 Å². The molecule has 0 atom stereocenters. The first kappa shape index (κ1) is 12.5. The van der Waals surface area contributed by atoms with E-state index in [9.17, 15) is 5.11 Å². The number of phenolic OH excluding ortho intramolecular Hbond substituents is 1. The molecule has 2 rings (SSSR count). The second-order valence-electron chi connectivity index (χ2n) is 6.25. The minimum Gasteiger partial charge on any atom is -0.507 e. The Balaban J connectivity index is 2.41. The molecular formula is C16H24O. The van der Waals surface area contributed by atoms with Gasteiger partial charge in [0, 0.05) is 5.56 Å². The number of benzene rings is 1. The minimum atomic E-state index is 0.104. The highest BCUT2D eigenvalue weighted by Gasteiger charge is 2.37. The summed E-state index contributed by atoms with van der Waals surface area (Å²) in [6.07, 6.45) is 3.95. The van der Waals surface area contributed by atoms with Gasteiger partial charge in [0.1, 0.15) is 5.75 Å². The fourth-order valence-corrected chi connectivity index (χ4v) is 2.90. The van der Waals surface area contributed by atoms with Gasteiger partial charge in [0.05, 0.1) is 0 Å². The molecule has 94 valence electrons. The predicted octanol–water partition coefficient (Wildman–Crippen LogP) is 4.59. The van der Waals surface area contributed by atoms with Crippen molar-refractivity contribution in [2.45, 2.75) is 58.3 Å². The Morgan fingerprint density at radius 3 is 2.35 bits per heavy atom. The average Bonchev–Trinajstić information content (AvgIpc) is 2.13. The lowest BCUT2D eigenvalue weighted by Gasteiger charge is -2.41. The normalized spacial score (nSPS) is 17.2. The summed E-state index contributed by atoms with van der Waals surface area (Å²) in [5, 5.41) is 10.5. The van der Waals surface area contributed by atoms with Crippen LogP contribution in [0.25, 0.3) is 0 Å². The number of aromatic hydroxyl groups is 1. The van der Waals surface area contributed by atoms with Gasteiger partial charge in [0.25, 0.3) is 0 Å². The molecule has 0 bridgehead atoms. The second-order valence-corrected chi connectivity index (χ2v) is 6.25. The van der Waals surface area contributed by atoms with Crippen LogP contribution in [0.15, 0.2) is 18.2 Å². The summed E-state index contributed by atoms with van der Waals surface area (Å²) < 4.78 is 0. The van der Waals surface area contributed by atoms with Gasteiger partial charge in [-0.1, -0.05) is 52.3 Å².